The van der Waals surface area contributed by atoms with E-state index in [1.54, 1.807) is 7.11 Å². The Balaban J connectivity index is 2.34. The van der Waals surface area contributed by atoms with E-state index in [1.165, 1.54) is 0 Å². The first kappa shape index (κ1) is 14.1. The molecule has 1 aromatic rings. The molecule has 1 unspecified atom stereocenters. The van der Waals surface area contributed by atoms with Gasteiger partial charge in [0.1, 0.15) is 0 Å². The van der Waals surface area contributed by atoms with Crippen molar-refractivity contribution in [3.05, 3.63) is 11.7 Å². The monoisotopic (exact) mass is 241 g/mol. The molecule has 17 heavy (non-hydrogen) atoms. The van der Waals surface area contributed by atoms with Crippen molar-refractivity contribution >= 4 is 0 Å². The summed E-state index contributed by atoms with van der Waals surface area (Å²) in [6.45, 7) is 5.03. The normalized spacial score (nSPS) is 13.2. The van der Waals surface area contributed by atoms with Crippen molar-refractivity contribution in [1.82, 2.24) is 10.1 Å². The lowest BCUT2D eigenvalue weighted by molar-refractivity contribution is 0.194. The molecule has 0 spiro atoms. The van der Waals surface area contributed by atoms with Crippen LogP contribution in [0.15, 0.2) is 4.52 Å². The predicted molar refractivity (Wildman–Crippen MR) is 65.6 cm³/mol. The van der Waals surface area contributed by atoms with E-state index in [0.717, 1.165) is 31.7 Å². The molecule has 5 heteroatoms. The minimum Gasteiger partial charge on any atom is -0.385 e. The Labute approximate surface area is 103 Å². The molecule has 0 aliphatic heterocycles. The third-order valence-corrected chi connectivity index (χ3v) is 2.47. The van der Waals surface area contributed by atoms with Gasteiger partial charge in [0.2, 0.25) is 5.89 Å². The van der Waals surface area contributed by atoms with Gasteiger partial charge in [-0.1, -0.05) is 19.0 Å². The van der Waals surface area contributed by atoms with E-state index in [0.29, 0.717) is 18.2 Å². The van der Waals surface area contributed by atoms with Gasteiger partial charge in [0, 0.05) is 32.6 Å². The Morgan fingerprint density at radius 1 is 1.41 bits per heavy atom. The molecule has 0 aliphatic carbocycles. The van der Waals surface area contributed by atoms with Crippen molar-refractivity contribution in [3.63, 3.8) is 0 Å². The summed E-state index contributed by atoms with van der Waals surface area (Å²) in [6.07, 6.45) is 3.33. The quantitative estimate of drug-likeness (QED) is 0.699. The van der Waals surface area contributed by atoms with Crippen LogP contribution in [0.25, 0.3) is 0 Å². The molecule has 1 heterocycles. The Bertz CT molecular complexity index is 312. The fourth-order valence-corrected chi connectivity index (χ4v) is 1.76. The van der Waals surface area contributed by atoms with Crippen LogP contribution in [-0.2, 0) is 17.6 Å². The van der Waals surface area contributed by atoms with Crippen LogP contribution >= 0.6 is 0 Å². The molecule has 0 amide bonds. The van der Waals surface area contributed by atoms with Crippen molar-refractivity contribution < 1.29 is 9.26 Å². The molecule has 0 aliphatic rings. The molecule has 1 atom stereocenters. The number of ether oxygens (including phenoxy) is 1. The maximum atomic E-state index is 5.99. The van der Waals surface area contributed by atoms with E-state index in [-0.39, 0.29) is 6.04 Å². The summed E-state index contributed by atoms with van der Waals surface area (Å²) in [5, 5.41) is 3.92. The molecule has 0 fully saturated rings. The maximum absolute atomic E-state index is 5.99. The van der Waals surface area contributed by atoms with Gasteiger partial charge in [0.25, 0.3) is 0 Å². The average molecular weight is 241 g/mol. The molecule has 5 nitrogen and oxygen atoms in total. The molecule has 0 aromatic carbocycles. The van der Waals surface area contributed by atoms with Crippen molar-refractivity contribution in [1.29, 1.82) is 0 Å². The molecule has 98 valence electrons. The highest BCUT2D eigenvalue weighted by atomic mass is 16.5. The topological polar surface area (TPSA) is 74.2 Å². The largest absolute Gasteiger partial charge is 0.385 e. The van der Waals surface area contributed by atoms with Gasteiger partial charge in [-0.25, -0.2) is 0 Å². The smallest absolute Gasteiger partial charge is 0.228 e. The van der Waals surface area contributed by atoms with Crippen LogP contribution in [0, 0.1) is 5.92 Å². The number of nitrogens with two attached hydrogens (primary N) is 1. The molecule has 0 saturated heterocycles. The summed E-state index contributed by atoms with van der Waals surface area (Å²) in [6, 6.07) is 0.0993. The van der Waals surface area contributed by atoms with Gasteiger partial charge in [-0.2, -0.15) is 4.98 Å². The lowest BCUT2D eigenvalue weighted by atomic mass is 10.0. The second-order valence-corrected chi connectivity index (χ2v) is 4.79. The SMILES string of the molecule is COCCCc1noc(CC(N)CC(C)C)n1. The van der Waals surface area contributed by atoms with Gasteiger partial charge in [0.15, 0.2) is 5.82 Å². The summed E-state index contributed by atoms with van der Waals surface area (Å²) in [4.78, 5) is 4.32. The van der Waals surface area contributed by atoms with Crippen LogP contribution < -0.4 is 5.73 Å². The van der Waals surface area contributed by atoms with Gasteiger partial charge in [-0.05, 0) is 18.8 Å². The van der Waals surface area contributed by atoms with Gasteiger partial charge < -0.3 is 15.0 Å². The van der Waals surface area contributed by atoms with Crippen molar-refractivity contribution in [2.45, 2.75) is 45.6 Å². The highest BCUT2D eigenvalue weighted by Gasteiger charge is 2.12. The van der Waals surface area contributed by atoms with Crippen molar-refractivity contribution in [2.75, 3.05) is 13.7 Å². The molecular weight excluding hydrogens is 218 g/mol. The van der Waals surface area contributed by atoms with Crippen LogP contribution in [0.4, 0.5) is 0 Å². The van der Waals surface area contributed by atoms with Crippen LogP contribution in [0.1, 0.15) is 38.4 Å². The molecular formula is C12H23N3O2. The molecule has 2 N–H and O–H groups in total. The first-order valence-corrected chi connectivity index (χ1v) is 6.17. The summed E-state index contributed by atoms with van der Waals surface area (Å²) >= 11 is 0. The molecule has 0 radical (unpaired) electrons. The average Bonchev–Trinajstić information content (AvgIpc) is 2.64. The van der Waals surface area contributed by atoms with E-state index < -0.39 is 0 Å². The number of hydrogen-bond donors (Lipinski definition) is 1. The summed E-state index contributed by atoms with van der Waals surface area (Å²) in [7, 11) is 1.69. The van der Waals surface area contributed by atoms with Crippen LogP contribution in [-0.4, -0.2) is 29.9 Å². The number of hydrogen-bond acceptors (Lipinski definition) is 5. The number of aromatic nitrogens is 2. The number of methoxy groups -OCH3 is 1. The van der Waals surface area contributed by atoms with E-state index >= 15 is 0 Å². The van der Waals surface area contributed by atoms with E-state index in [2.05, 4.69) is 24.0 Å². The van der Waals surface area contributed by atoms with E-state index in [4.69, 9.17) is 15.0 Å². The molecule has 1 aromatic heterocycles. The van der Waals surface area contributed by atoms with Gasteiger partial charge in [0.05, 0.1) is 0 Å². The van der Waals surface area contributed by atoms with Crippen molar-refractivity contribution in [2.24, 2.45) is 11.7 Å². The Hall–Kier alpha value is -0.940. The maximum Gasteiger partial charge on any atom is 0.228 e. The second kappa shape index (κ2) is 7.40. The first-order valence-electron chi connectivity index (χ1n) is 6.17. The summed E-state index contributed by atoms with van der Waals surface area (Å²) in [5.41, 5.74) is 5.99. The van der Waals surface area contributed by atoms with E-state index in [1.807, 2.05) is 0 Å². The minimum atomic E-state index is 0.0993. The second-order valence-electron chi connectivity index (χ2n) is 4.79. The fraction of sp³-hybridized carbons (Fsp3) is 0.833. The van der Waals surface area contributed by atoms with Gasteiger partial charge >= 0.3 is 0 Å². The van der Waals surface area contributed by atoms with Crippen LogP contribution in [0.5, 0.6) is 0 Å². The predicted octanol–water partition coefficient (Wildman–Crippen LogP) is 1.56. The number of aryl methyl sites for hydroxylation is 1. The van der Waals surface area contributed by atoms with Crippen molar-refractivity contribution in [3.8, 4) is 0 Å². The summed E-state index contributed by atoms with van der Waals surface area (Å²) in [5.74, 6) is 1.98. The zero-order valence-electron chi connectivity index (χ0n) is 11.0. The third kappa shape index (κ3) is 5.79. The third-order valence-electron chi connectivity index (χ3n) is 2.47. The fourth-order valence-electron chi connectivity index (χ4n) is 1.76. The summed E-state index contributed by atoms with van der Waals surface area (Å²) < 4.78 is 10.1. The van der Waals surface area contributed by atoms with Gasteiger partial charge in [-0.15, -0.1) is 0 Å². The lowest BCUT2D eigenvalue weighted by Crippen LogP contribution is -2.24. The first-order chi connectivity index (χ1) is 8.11. The zero-order chi connectivity index (χ0) is 12.7. The Morgan fingerprint density at radius 2 is 2.18 bits per heavy atom. The highest BCUT2D eigenvalue weighted by Crippen LogP contribution is 2.08. The molecule has 0 saturated carbocycles. The van der Waals surface area contributed by atoms with E-state index in [9.17, 15) is 0 Å². The molecule has 0 bridgehead atoms. The number of nitrogens with zero attached hydrogens (tertiary/aromatic N) is 2. The Morgan fingerprint density at radius 3 is 2.82 bits per heavy atom. The van der Waals surface area contributed by atoms with Crippen LogP contribution in [0.3, 0.4) is 0 Å². The highest BCUT2D eigenvalue weighted by molar-refractivity contribution is 4.89. The van der Waals surface area contributed by atoms with Crippen LogP contribution in [0.2, 0.25) is 0 Å². The minimum absolute atomic E-state index is 0.0993. The van der Waals surface area contributed by atoms with Gasteiger partial charge in [-0.3, -0.25) is 0 Å². The standard InChI is InChI=1S/C12H23N3O2/c1-9(2)7-10(13)8-12-14-11(15-17-12)5-4-6-16-3/h9-10H,4-8,13H2,1-3H3. The zero-order valence-corrected chi connectivity index (χ0v) is 11.0. The number of rotatable bonds is 8. The Kier molecular flexibility index (Phi) is 6.15. The molecule has 1 rings (SSSR count). The lowest BCUT2D eigenvalue weighted by Gasteiger charge is -2.10.